The third-order valence-corrected chi connectivity index (χ3v) is 10.8. The third kappa shape index (κ3) is 9.60. The molecule has 0 saturated heterocycles. The zero-order valence-corrected chi connectivity index (χ0v) is 36.4. The molecule has 6 heterocycles. The van der Waals surface area contributed by atoms with E-state index in [0.717, 1.165) is 88.3 Å². The standard InChI is InChI=1S/C44H56N6Si.Zn/c1-7-9-11-13-15-18-32-35-21-23-37(46-35)34(20-17-31-51(4,5)6)38-24-22-36(47-38)33(19-16-14-12-10-8-2)40-26-28-42(49-40)43(41-27-25-39(32)48-41)44-45-29-30-50(44)3;/h21-30,45,48H,7-16,18-20H2,1-6H3;. The molecule has 0 aliphatic carbocycles. The zero-order chi connectivity index (χ0) is 35.8. The number of H-pyrrole nitrogens is 1. The van der Waals surface area contributed by atoms with Crippen LogP contribution in [0.1, 0.15) is 109 Å². The molecular formula is C44H56N6SiZn. The van der Waals surface area contributed by atoms with Crippen molar-refractivity contribution >= 4 is 36.4 Å². The molecule has 2 N–H and O–H groups in total. The Morgan fingerprint density at radius 3 is 1.81 bits per heavy atom. The predicted molar refractivity (Wildman–Crippen MR) is 221 cm³/mol. The molecule has 0 saturated carbocycles. The van der Waals surface area contributed by atoms with Gasteiger partial charge in [0.25, 0.3) is 0 Å². The summed E-state index contributed by atoms with van der Waals surface area (Å²) < 4.78 is 0. The van der Waals surface area contributed by atoms with E-state index in [4.69, 9.17) is 15.0 Å². The van der Waals surface area contributed by atoms with Crippen molar-refractivity contribution in [2.45, 2.75) is 117 Å². The number of rotatable bonds is 13. The summed E-state index contributed by atoms with van der Waals surface area (Å²) in [5.41, 5.74) is 16.3. The van der Waals surface area contributed by atoms with Crippen molar-refractivity contribution in [3.63, 3.8) is 0 Å². The van der Waals surface area contributed by atoms with E-state index in [0.29, 0.717) is 6.42 Å². The maximum Gasteiger partial charge on any atom is 0.129 e. The van der Waals surface area contributed by atoms with E-state index >= 15 is 0 Å². The van der Waals surface area contributed by atoms with Crippen LogP contribution in [0.3, 0.4) is 0 Å². The summed E-state index contributed by atoms with van der Waals surface area (Å²) in [6.07, 6.45) is 32.0. The van der Waals surface area contributed by atoms with Crippen LogP contribution in [0.5, 0.6) is 0 Å². The summed E-state index contributed by atoms with van der Waals surface area (Å²) >= 11 is 0. The van der Waals surface area contributed by atoms with Crippen molar-refractivity contribution in [1.29, 1.82) is 0 Å². The van der Waals surface area contributed by atoms with Gasteiger partial charge in [0, 0.05) is 67.8 Å². The maximum absolute atomic E-state index is 5.38. The van der Waals surface area contributed by atoms with Crippen LogP contribution >= 0.6 is 0 Å². The second kappa shape index (κ2) is 18.3. The molecule has 8 heteroatoms. The number of hydrogen-bond acceptors (Lipinski definition) is 5. The van der Waals surface area contributed by atoms with Gasteiger partial charge in [-0.15, -0.1) is 11.5 Å². The number of nitrogens with zero attached hydrogens (tertiary/aromatic N) is 4. The van der Waals surface area contributed by atoms with Crippen molar-refractivity contribution in [2.24, 2.45) is 15.0 Å². The Balaban J connectivity index is 0.00000523. The minimum atomic E-state index is -1.54. The molecule has 0 atom stereocenters. The van der Waals surface area contributed by atoms with Gasteiger partial charge in [-0.25, -0.2) is 15.0 Å². The topological polar surface area (TPSA) is 68.1 Å². The van der Waals surface area contributed by atoms with Gasteiger partial charge in [-0.05, 0) is 74.3 Å². The Kier molecular flexibility index (Phi) is 13.9. The number of allylic oxidation sites excluding steroid dienone is 10. The number of aliphatic imine (C=N–C) groups is 3. The molecular weight excluding hydrogens is 706 g/mol. The van der Waals surface area contributed by atoms with Gasteiger partial charge in [-0.2, -0.15) is 0 Å². The number of hydrogen-bond donors (Lipinski definition) is 2. The molecule has 268 valence electrons. The summed E-state index contributed by atoms with van der Waals surface area (Å²) in [7, 11) is 0.539. The van der Waals surface area contributed by atoms with Crippen LogP contribution < -0.4 is 5.32 Å². The summed E-state index contributed by atoms with van der Waals surface area (Å²) in [5.74, 6) is 4.57. The summed E-state index contributed by atoms with van der Waals surface area (Å²) in [5, 5.41) is 3.50. The van der Waals surface area contributed by atoms with Gasteiger partial charge in [0.1, 0.15) is 13.9 Å². The van der Waals surface area contributed by atoms with Crippen LogP contribution in [0.15, 0.2) is 110 Å². The molecule has 5 aliphatic rings. The van der Waals surface area contributed by atoms with Gasteiger partial charge in [-0.1, -0.05) is 84.9 Å². The summed E-state index contributed by atoms with van der Waals surface area (Å²) in [6.45, 7) is 11.4. The molecule has 6 nitrogen and oxygen atoms in total. The minimum Gasteiger partial charge on any atom is -0.355 e. The van der Waals surface area contributed by atoms with E-state index in [1.807, 2.05) is 6.20 Å². The molecule has 1 aromatic rings. The van der Waals surface area contributed by atoms with Crippen LogP contribution in [-0.2, 0) is 19.5 Å². The van der Waals surface area contributed by atoms with Gasteiger partial charge in [0.2, 0.25) is 0 Å². The first-order chi connectivity index (χ1) is 24.8. The number of nitrogens with one attached hydrogen (secondary N) is 2. The zero-order valence-electron chi connectivity index (χ0n) is 32.5. The second-order valence-electron chi connectivity index (χ2n) is 15.2. The van der Waals surface area contributed by atoms with Crippen LogP contribution in [0.2, 0.25) is 19.6 Å². The average Bonchev–Trinajstić information content (AvgIpc) is 3.95. The molecule has 0 aromatic carbocycles. The molecule has 1 aromatic heterocycles. The fourth-order valence-electron chi connectivity index (χ4n) is 7.13. The normalized spacial score (nSPS) is 19.0. The first-order valence-electron chi connectivity index (χ1n) is 19.4. The molecule has 0 amide bonds. The van der Waals surface area contributed by atoms with Gasteiger partial charge in [-0.3, -0.25) is 0 Å². The molecule has 0 spiro atoms. The molecule has 6 rings (SSSR count). The molecule has 5 aliphatic heterocycles. The Labute approximate surface area is 326 Å². The van der Waals surface area contributed by atoms with Crippen molar-refractivity contribution in [3.8, 4) is 11.5 Å². The number of fused-ring (bicyclic) bond motifs is 5. The fraction of sp³-hybridized carbons (Fsp3) is 0.432. The van der Waals surface area contributed by atoms with Gasteiger partial charge in [0.15, 0.2) is 0 Å². The van der Waals surface area contributed by atoms with Crippen molar-refractivity contribution in [1.82, 2.24) is 15.2 Å². The predicted octanol–water partition coefficient (Wildman–Crippen LogP) is 10.9. The number of aromatic nitrogens is 1. The summed E-state index contributed by atoms with van der Waals surface area (Å²) in [4.78, 5) is 22.1. The Bertz CT molecular complexity index is 1920. The first kappa shape index (κ1) is 39.4. The van der Waals surface area contributed by atoms with Gasteiger partial charge >= 0.3 is 0 Å². The van der Waals surface area contributed by atoms with Crippen molar-refractivity contribution in [2.75, 3.05) is 7.05 Å². The number of unbranched alkanes of at least 4 members (excludes halogenated alkanes) is 8. The third-order valence-electron chi connectivity index (χ3n) is 9.90. The minimum absolute atomic E-state index is 0. The molecule has 8 bridgehead atoms. The monoisotopic (exact) mass is 760 g/mol. The van der Waals surface area contributed by atoms with E-state index in [-0.39, 0.29) is 19.5 Å². The SMILES string of the molecule is CCCCCCCC1=C2C=CC(=N2)C(=C2NC=CN2C)c2ccc([nH]2)C(CCCCCCC)=C2C=CC(=N2)C(CC#C[Si](C)(C)C)=C2C=CC1=N2.[Zn]. The smallest absolute Gasteiger partial charge is 0.129 e. The van der Waals surface area contributed by atoms with E-state index in [9.17, 15) is 0 Å². The van der Waals surface area contributed by atoms with E-state index in [1.54, 1.807) is 0 Å². The first-order valence-corrected chi connectivity index (χ1v) is 22.9. The largest absolute Gasteiger partial charge is 0.355 e. The molecule has 52 heavy (non-hydrogen) atoms. The fourth-order valence-corrected chi connectivity index (χ4v) is 7.75. The maximum atomic E-state index is 5.38. The van der Waals surface area contributed by atoms with Crippen LogP contribution in [0.25, 0.3) is 11.1 Å². The van der Waals surface area contributed by atoms with Crippen molar-refractivity contribution in [3.05, 3.63) is 106 Å². The average molecular weight is 762 g/mol. The molecule has 0 unspecified atom stereocenters. The van der Waals surface area contributed by atoms with Gasteiger partial charge in [0.05, 0.1) is 45.5 Å². The van der Waals surface area contributed by atoms with E-state index in [2.05, 4.69) is 122 Å². The van der Waals surface area contributed by atoms with E-state index in [1.165, 1.54) is 62.5 Å². The summed E-state index contributed by atoms with van der Waals surface area (Å²) in [6, 6.07) is 4.45. The van der Waals surface area contributed by atoms with Crippen LogP contribution in [0.4, 0.5) is 0 Å². The Morgan fingerprint density at radius 1 is 0.654 bits per heavy atom. The Morgan fingerprint density at radius 2 is 1.19 bits per heavy atom. The molecule has 0 radical (unpaired) electrons. The van der Waals surface area contributed by atoms with Crippen LogP contribution in [-0.4, -0.2) is 42.1 Å². The number of aromatic amines is 1. The van der Waals surface area contributed by atoms with E-state index < -0.39 is 8.07 Å². The second-order valence-corrected chi connectivity index (χ2v) is 20.0. The Hall–Kier alpha value is -3.79. The van der Waals surface area contributed by atoms with Crippen LogP contribution in [0, 0.1) is 11.5 Å². The van der Waals surface area contributed by atoms with Gasteiger partial charge < -0.3 is 15.2 Å². The van der Waals surface area contributed by atoms with Crippen molar-refractivity contribution < 1.29 is 19.5 Å². The quantitative estimate of drug-likeness (QED) is 0.119. The molecule has 0 fully saturated rings.